The quantitative estimate of drug-likeness (QED) is 0.647. The largest absolute Gasteiger partial charge is 0.750 e. The molecule has 13 heavy (non-hydrogen) atoms. The van der Waals surface area contributed by atoms with Crippen molar-refractivity contribution in [2.24, 2.45) is 0 Å². The van der Waals surface area contributed by atoms with Crippen molar-refractivity contribution in [2.75, 3.05) is 0 Å². The molecular weight excluding hydrogens is 209 g/mol. The van der Waals surface area contributed by atoms with E-state index < -0.39 is 48.8 Å². The minimum atomic E-state index is -2.97. The molecule has 1 saturated carbocycles. The van der Waals surface area contributed by atoms with E-state index in [1.807, 2.05) is 0 Å². The monoisotopic (exact) mass is 217 g/mol. The lowest BCUT2D eigenvalue weighted by atomic mass is 9.93. The van der Waals surface area contributed by atoms with E-state index in [1.54, 1.807) is 0 Å². The highest BCUT2D eigenvalue weighted by Gasteiger charge is 2.40. The molecule has 0 aromatic carbocycles. The van der Waals surface area contributed by atoms with Gasteiger partial charge in [0.15, 0.2) is 0 Å². The van der Waals surface area contributed by atoms with Gasteiger partial charge in [-0.2, -0.15) is 0 Å². The van der Waals surface area contributed by atoms with Gasteiger partial charge < -0.3 is 4.55 Å². The zero-order valence-corrected chi connectivity index (χ0v) is 7.31. The Balaban J connectivity index is 2.56. The Morgan fingerprint density at radius 2 is 1.69 bits per heavy atom. The van der Waals surface area contributed by atoms with Gasteiger partial charge in [-0.1, -0.05) is 0 Å². The molecule has 1 aliphatic rings. The summed E-state index contributed by atoms with van der Waals surface area (Å²) in [5.41, 5.74) is 0. The first kappa shape index (κ1) is 10.9. The number of alkyl halides is 3. The first-order chi connectivity index (χ1) is 6.00. The van der Waals surface area contributed by atoms with Crippen LogP contribution >= 0.6 is 0 Å². The van der Waals surface area contributed by atoms with Crippen LogP contribution in [-0.4, -0.2) is 33.4 Å². The van der Waals surface area contributed by atoms with Gasteiger partial charge in [0.05, 0.1) is 11.4 Å². The molecule has 0 radical (unpaired) electrons. The summed E-state index contributed by atoms with van der Waals surface area (Å²) in [6.45, 7) is 0. The lowest BCUT2D eigenvalue weighted by molar-refractivity contribution is -0.0244. The van der Waals surface area contributed by atoms with Gasteiger partial charge in [-0.15, -0.1) is 0 Å². The molecule has 3 unspecified atom stereocenters. The van der Waals surface area contributed by atoms with Gasteiger partial charge in [0, 0.05) is 12.8 Å². The zero-order chi connectivity index (χ0) is 10.0. The molecule has 0 saturated heterocycles. The normalized spacial score (nSPS) is 43.1. The Bertz CT molecular complexity index is 192. The van der Waals surface area contributed by atoms with Crippen molar-refractivity contribution in [3.05, 3.63) is 0 Å². The number of hydrogen-bond donors (Lipinski definition) is 0. The van der Waals surface area contributed by atoms with Crippen LogP contribution in [0.3, 0.4) is 0 Å². The maximum Gasteiger partial charge on any atom is 0.136 e. The second-order valence-electron chi connectivity index (χ2n) is 2.87. The minimum absolute atomic E-state index is 0.512. The fraction of sp³-hybridized carbons (Fsp3) is 1.00. The molecule has 0 aliphatic heterocycles. The summed E-state index contributed by atoms with van der Waals surface area (Å²) in [6.07, 6.45) is -8.09. The van der Waals surface area contributed by atoms with Crippen LogP contribution in [-0.2, 0) is 15.5 Å². The van der Waals surface area contributed by atoms with E-state index in [1.165, 1.54) is 0 Å². The van der Waals surface area contributed by atoms with E-state index in [2.05, 4.69) is 4.18 Å². The fourth-order valence-electron chi connectivity index (χ4n) is 1.29. The Morgan fingerprint density at radius 1 is 1.23 bits per heavy atom. The Labute approximate surface area is 75.8 Å². The summed E-state index contributed by atoms with van der Waals surface area (Å²) in [5, 5.41) is 0. The highest BCUT2D eigenvalue weighted by molar-refractivity contribution is 7.74. The lowest BCUT2D eigenvalue weighted by Gasteiger charge is -2.31. The second-order valence-corrected chi connectivity index (χ2v) is 3.47. The maximum absolute atomic E-state index is 12.8. The summed E-state index contributed by atoms with van der Waals surface area (Å²) in [4.78, 5) is 0. The topological polar surface area (TPSA) is 49.4 Å². The molecule has 1 rings (SSSR count). The van der Waals surface area contributed by atoms with Gasteiger partial charge in [0.1, 0.15) is 24.6 Å². The Morgan fingerprint density at radius 3 is 2.08 bits per heavy atom. The third kappa shape index (κ3) is 2.92. The van der Waals surface area contributed by atoms with Crippen LogP contribution in [0.2, 0.25) is 0 Å². The Kier molecular flexibility index (Phi) is 3.69. The van der Waals surface area contributed by atoms with E-state index >= 15 is 0 Å². The van der Waals surface area contributed by atoms with Crippen molar-refractivity contribution < 1.29 is 26.1 Å². The Hall–Kier alpha value is -0.140. The molecule has 3 atom stereocenters. The molecule has 0 spiro atoms. The van der Waals surface area contributed by atoms with E-state index in [0.29, 0.717) is 0 Å². The van der Waals surface area contributed by atoms with Crippen LogP contribution in [0.25, 0.3) is 0 Å². The average molecular weight is 217 g/mol. The summed E-state index contributed by atoms with van der Waals surface area (Å²) >= 11 is -2.97. The minimum Gasteiger partial charge on any atom is -0.750 e. The molecule has 0 bridgehead atoms. The molecule has 1 fully saturated rings. The SMILES string of the molecule is O=S([O-])OC1C(F)CC(F)CC1F. The van der Waals surface area contributed by atoms with Crippen LogP contribution in [0.1, 0.15) is 12.8 Å². The molecule has 0 amide bonds. The second kappa shape index (κ2) is 4.39. The molecule has 1 aliphatic carbocycles. The molecule has 3 nitrogen and oxygen atoms in total. The first-order valence-electron chi connectivity index (χ1n) is 3.69. The number of halogens is 3. The molecule has 0 aromatic rings. The van der Waals surface area contributed by atoms with E-state index in [0.717, 1.165) is 0 Å². The van der Waals surface area contributed by atoms with Crippen molar-refractivity contribution >= 4 is 11.4 Å². The summed E-state index contributed by atoms with van der Waals surface area (Å²) in [6, 6.07) is 0. The zero-order valence-electron chi connectivity index (χ0n) is 6.49. The first-order valence-corrected chi connectivity index (χ1v) is 4.69. The van der Waals surface area contributed by atoms with Crippen LogP contribution in [0.15, 0.2) is 0 Å². The summed E-state index contributed by atoms with van der Waals surface area (Å²) < 4.78 is 62.1. The van der Waals surface area contributed by atoms with E-state index in [-0.39, 0.29) is 0 Å². The summed E-state index contributed by atoms with van der Waals surface area (Å²) in [7, 11) is 0. The van der Waals surface area contributed by atoms with Crippen LogP contribution < -0.4 is 0 Å². The van der Waals surface area contributed by atoms with Crippen molar-refractivity contribution in [1.29, 1.82) is 0 Å². The molecule has 7 heteroatoms. The van der Waals surface area contributed by atoms with Gasteiger partial charge in [0.2, 0.25) is 0 Å². The smallest absolute Gasteiger partial charge is 0.136 e. The highest BCUT2D eigenvalue weighted by atomic mass is 32.2. The number of hydrogen-bond acceptors (Lipinski definition) is 3. The molecule has 78 valence electrons. The molecular formula is C6H8F3O3S-. The van der Waals surface area contributed by atoms with Crippen LogP contribution in [0, 0.1) is 0 Å². The molecule has 0 N–H and O–H groups in total. The van der Waals surface area contributed by atoms with Crippen molar-refractivity contribution in [3.63, 3.8) is 0 Å². The highest BCUT2D eigenvalue weighted by Crippen LogP contribution is 2.29. The predicted octanol–water partition coefficient (Wildman–Crippen LogP) is 0.974. The van der Waals surface area contributed by atoms with Gasteiger partial charge in [0.25, 0.3) is 0 Å². The fourth-order valence-corrected chi connectivity index (χ4v) is 1.71. The van der Waals surface area contributed by atoms with Gasteiger partial charge in [-0.05, 0) is 0 Å². The summed E-state index contributed by atoms with van der Waals surface area (Å²) in [5.74, 6) is 0. The van der Waals surface area contributed by atoms with E-state index in [4.69, 9.17) is 0 Å². The van der Waals surface area contributed by atoms with Crippen LogP contribution in [0.5, 0.6) is 0 Å². The third-order valence-corrected chi connectivity index (χ3v) is 2.24. The predicted molar refractivity (Wildman–Crippen MR) is 37.7 cm³/mol. The van der Waals surface area contributed by atoms with E-state index in [9.17, 15) is 21.9 Å². The lowest BCUT2D eigenvalue weighted by Crippen LogP contribution is -2.43. The van der Waals surface area contributed by atoms with Gasteiger partial charge in [-0.25, -0.2) is 17.4 Å². The standard InChI is InChI=1S/C6H9F3O3S/c7-3-1-4(8)6(5(9)2-3)12-13(10)11/h3-6H,1-2H2,(H,10,11)/p-1. The van der Waals surface area contributed by atoms with Crippen molar-refractivity contribution in [3.8, 4) is 0 Å². The molecule has 0 heterocycles. The van der Waals surface area contributed by atoms with Gasteiger partial charge in [-0.3, -0.25) is 4.18 Å². The van der Waals surface area contributed by atoms with Crippen LogP contribution in [0.4, 0.5) is 13.2 Å². The number of rotatable bonds is 2. The molecule has 0 aromatic heterocycles. The van der Waals surface area contributed by atoms with Crippen molar-refractivity contribution in [1.82, 2.24) is 0 Å². The third-order valence-electron chi connectivity index (χ3n) is 1.86. The van der Waals surface area contributed by atoms with Crippen molar-refractivity contribution in [2.45, 2.75) is 37.5 Å². The maximum atomic E-state index is 12.8. The average Bonchev–Trinajstić information content (AvgIpc) is 1.96. The van der Waals surface area contributed by atoms with Gasteiger partial charge >= 0.3 is 0 Å².